The van der Waals surface area contributed by atoms with Gasteiger partial charge in [0.2, 0.25) is 0 Å². The first kappa shape index (κ1) is 15.1. The van der Waals surface area contributed by atoms with Gasteiger partial charge in [-0.3, -0.25) is 4.68 Å². The Hall–Kier alpha value is -2.27. The molecule has 110 valence electrons. The number of aryl methyl sites for hydroxylation is 1. The predicted molar refractivity (Wildman–Crippen MR) is 80.4 cm³/mol. The van der Waals surface area contributed by atoms with Gasteiger partial charge in [-0.2, -0.15) is 5.10 Å². The van der Waals surface area contributed by atoms with Crippen molar-refractivity contribution in [3.63, 3.8) is 0 Å². The Bertz CT molecular complexity index is 665. The second-order valence-electron chi connectivity index (χ2n) is 4.35. The molecular weight excluding hydrogens is 292 g/mol. The van der Waals surface area contributed by atoms with Gasteiger partial charge >= 0.3 is 5.97 Å². The van der Waals surface area contributed by atoms with Crippen LogP contribution < -0.4 is 4.74 Å². The summed E-state index contributed by atoms with van der Waals surface area (Å²) in [4.78, 5) is 10.6. The van der Waals surface area contributed by atoms with E-state index in [1.807, 2.05) is 17.8 Å². The number of hydrogen-bond acceptors (Lipinski definition) is 3. The highest BCUT2D eigenvalue weighted by molar-refractivity contribution is 6.30. The van der Waals surface area contributed by atoms with E-state index in [2.05, 4.69) is 5.10 Å². The molecule has 5 nitrogen and oxygen atoms in total. The molecule has 21 heavy (non-hydrogen) atoms. The minimum Gasteiger partial charge on any atom is -0.488 e. The smallest absolute Gasteiger partial charge is 0.328 e. The van der Waals surface area contributed by atoms with Crippen molar-refractivity contribution in [2.24, 2.45) is 0 Å². The number of aliphatic carboxylic acids is 1. The van der Waals surface area contributed by atoms with Crippen LogP contribution in [-0.4, -0.2) is 20.9 Å². The van der Waals surface area contributed by atoms with E-state index >= 15 is 0 Å². The van der Waals surface area contributed by atoms with E-state index in [9.17, 15) is 4.79 Å². The SMILES string of the molecule is CCn1cc(COc2ccc(Cl)cc2C=CC(=O)O)cn1. The summed E-state index contributed by atoms with van der Waals surface area (Å²) >= 11 is 5.92. The first-order valence-electron chi connectivity index (χ1n) is 6.43. The molecule has 0 unspecified atom stereocenters. The van der Waals surface area contributed by atoms with Gasteiger partial charge in [-0.1, -0.05) is 11.6 Å². The van der Waals surface area contributed by atoms with Crippen LogP contribution in [0.1, 0.15) is 18.1 Å². The van der Waals surface area contributed by atoms with Gasteiger partial charge in [-0.05, 0) is 31.2 Å². The molecule has 0 atom stereocenters. The summed E-state index contributed by atoms with van der Waals surface area (Å²) in [7, 11) is 0. The van der Waals surface area contributed by atoms with E-state index in [4.69, 9.17) is 21.4 Å². The molecule has 6 heteroatoms. The van der Waals surface area contributed by atoms with Crippen molar-refractivity contribution in [1.29, 1.82) is 0 Å². The number of rotatable bonds is 6. The fraction of sp³-hybridized carbons (Fsp3) is 0.200. The average Bonchev–Trinajstić information content (AvgIpc) is 2.92. The normalized spacial score (nSPS) is 11.0. The summed E-state index contributed by atoms with van der Waals surface area (Å²) in [6, 6.07) is 5.07. The van der Waals surface area contributed by atoms with Crippen molar-refractivity contribution in [1.82, 2.24) is 9.78 Å². The van der Waals surface area contributed by atoms with Crippen LogP contribution in [0.5, 0.6) is 5.75 Å². The molecule has 1 N–H and O–H groups in total. The number of halogens is 1. The van der Waals surface area contributed by atoms with Crippen molar-refractivity contribution >= 4 is 23.6 Å². The van der Waals surface area contributed by atoms with Crippen molar-refractivity contribution in [3.8, 4) is 5.75 Å². The highest BCUT2D eigenvalue weighted by Gasteiger charge is 2.05. The molecular formula is C15H15ClN2O3. The maximum atomic E-state index is 10.6. The Morgan fingerprint density at radius 2 is 2.33 bits per heavy atom. The maximum absolute atomic E-state index is 10.6. The number of carboxylic acids is 1. The summed E-state index contributed by atoms with van der Waals surface area (Å²) in [5, 5.41) is 13.4. The number of ether oxygens (including phenoxy) is 1. The molecule has 2 rings (SSSR count). The number of hydrogen-bond donors (Lipinski definition) is 1. The van der Waals surface area contributed by atoms with Gasteiger partial charge in [-0.25, -0.2) is 4.79 Å². The third kappa shape index (κ3) is 4.36. The van der Waals surface area contributed by atoms with Crippen LogP contribution in [0.3, 0.4) is 0 Å². The molecule has 0 saturated heterocycles. The molecule has 0 radical (unpaired) electrons. The highest BCUT2D eigenvalue weighted by atomic mass is 35.5. The van der Waals surface area contributed by atoms with Crippen LogP contribution in [0.4, 0.5) is 0 Å². The van der Waals surface area contributed by atoms with Crippen LogP contribution >= 0.6 is 11.6 Å². The summed E-state index contributed by atoms with van der Waals surface area (Å²) in [6.45, 7) is 3.16. The third-order valence-electron chi connectivity index (χ3n) is 2.78. The zero-order valence-electron chi connectivity index (χ0n) is 11.5. The molecule has 0 bridgehead atoms. The molecule has 0 spiro atoms. The Morgan fingerprint density at radius 1 is 1.52 bits per heavy atom. The first-order valence-corrected chi connectivity index (χ1v) is 6.81. The third-order valence-corrected chi connectivity index (χ3v) is 3.02. The van der Waals surface area contributed by atoms with Crippen LogP contribution in [0.15, 0.2) is 36.7 Å². The van der Waals surface area contributed by atoms with Gasteiger partial charge in [0.25, 0.3) is 0 Å². The topological polar surface area (TPSA) is 64.3 Å². The first-order chi connectivity index (χ1) is 10.1. The van der Waals surface area contributed by atoms with Crippen LogP contribution in [0, 0.1) is 0 Å². The minimum atomic E-state index is -1.02. The van der Waals surface area contributed by atoms with Crippen molar-refractivity contribution in [2.45, 2.75) is 20.1 Å². The minimum absolute atomic E-state index is 0.357. The number of nitrogens with zero attached hydrogens (tertiary/aromatic N) is 2. The van der Waals surface area contributed by atoms with E-state index < -0.39 is 5.97 Å². The zero-order valence-corrected chi connectivity index (χ0v) is 12.2. The Morgan fingerprint density at radius 3 is 3.00 bits per heavy atom. The largest absolute Gasteiger partial charge is 0.488 e. The predicted octanol–water partition coefficient (Wildman–Crippen LogP) is 3.23. The molecule has 1 aromatic carbocycles. The lowest BCUT2D eigenvalue weighted by Gasteiger charge is -2.08. The van der Waals surface area contributed by atoms with E-state index in [-0.39, 0.29) is 0 Å². The van der Waals surface area contributed by atoms with Crippen LogP contribution in [0.25, 0.3) is 6.08 Å². The molecule has 1 aromatic heterocycles. The molecule has 0 aliphatic carbocycles. The molecule has 0 fully saturated rings. The average molecular weight is 307 g/mol. The van der Waals surface area contributed by atoms with Crippen molar-refractivity contribution in [3.05, 3.63) is 52.8 Å². The van der Waals surface area contributed by atoms with Gasteiger partial charge in [0, 0.05) is 35.0 Å². The van der Waals surface area contributed by atoms with Gasteiger partial charge in [0.05, 0.1) is 6.20 Å². The fourth-order valence-corrected chi connectivity index (χ4v) is 1.94. The standard InChI is InChI=1S/C15H15ClN2O3/c1-2-18-9-11(8-17-18)10-21-14-5-4-13(16)7-12(14)3-6-15(19)20/h3-9H,2,10H2,1H3,(H,19,20). The van der Waals surface area contributed by atoms with E-state index in [0.29, 0.717) is 22.9 Å². The quantitative estimate of drug-likeness (QED) is 0.832. The zero-order chi connectivity index (χ0) is 15.2. The van der Waals surface area contributed by atoms with Gasteiger partial charge in [-0.15, -0.1) is 0 Å². The van der Waals surface area contributed by atoms with Gasteiger partial charge in [0.15, 0.2) is 0 Å². The second-order valence-corrected chi connectivity index (χ2v) is 4.78. The summed E-state index contributed by atoms with van der Waals surface area (Å²) in [5.41, 5.74) is 1.56. The lowest BCUT2D eigenvalue weighted by atomic mass is 10.2. The van der Waals surface area contributed by atoms with E-state index in [1.54, 1.807) is 24.4 Å². The van der Waals surface area contributed by atoms with Crippen LogP contribution in [-0.2, 0) is 17.9 Å². The Kier molecular flexibility index (Phi) is 5.00. The molecule has 1 heterocycles. The van der Waals surface area contributed by atoms with Gasteiger partial charge < -0.3 is 9.84 Å². The van der Waals surface area contributed by atoms with E-state index in [1.165, 1.54) is 6.08 Å². The molecule has 0 aliphatic rings. The Balaban J connectivity index is 2.13. The molecule has 0 aliphatic heterocycles. The molecule has 2 aromatic rings. The fourth-order valence-electron chi connectivity index (χ4n) is 1.76. The number of benzene rings is 1. The number of aromatic nitrogens is 2. The monoisotopic (exact) mass is 306 g/mol. The van der Waals surface area contributed by atoms with Crippen molar-refractivity contribution < 1.29 is 14.6 Å². The Labute approximate surface area is 127 Å². The van der Waals surface area contributed by atoms with Gasteiger partial charge in [0.1, 0.15) is 12.4 Å². The van der Waals surface area contributed by atoms with E-state index in [0.717, 1.165) is 18.2 Å². The molecule has 0 saturated carbocycles. The summed E-state index contributed by atoms with van der Waals surface area (Å²) in [6.07, 6.45) is 6.15. The highest BCUT2D eigenvalue weighted by Crippen LogP contribution is 2.25. The summed E-state index contributed by atoms with van der Waals surface area (Å²) < 4.78 is 7.52. The van der Waals surface area contributed by atoms with Crippen LogP contribution in [0.2, 0.25) is 5.02 Å². The number of carboxylic acid groups (broad SMARTS) is 1. The lowest BCUT2D eigenvalue weighted by Crippen LogP contribution is -1.97. The number of carbonyl (C=O) groups is 1. The van der Waals surface area contributed by atoms with Crippen molar-refractivity contribution in [2.75, 3.05) is 0 Å². The summed E-state index contributed by atoms with van der Waals surface area (Å²) in [5.74, 6) is -0.453. The maximum Gasteiger partial charge on any atom is 0.328 e. The second kappa shape index (κ2) is 6.95. The lowest BCUT2D eigenvalue weighted by molar-refractivity contribution is -0.131. The molecule has 0 amide bonds.